The molecule has 0 radical (unpaired) electrons. The first-order valence-corrected chi connectivity index (χ1v) is 7.91. The Bertz CT molecular complexity index is 750. The van der Waals surface area contributed by atoms with Crippen LogP contribution in [0.15, 0.2) is 30.6 Å². The molecule has 2 aromatic heterocycles. The van der Waals surface area contributed by atoms with Crippen LogP contribution in [0.1, 0.15) is 28.9 Å². The minimum absolute atomic E-state index is 0.0310. The van der Waals surface area contributed by atoms with Gasteiger partial charge in [0, 0.05) is 38.6 Å². The lowest BCUT2D eigenvalue weighted by molar-refractivity contribution is -0.137. The molecule has 134 valence electrons. The van der Waals surface area contributed by atoms with E-state index in [9.17, 15) is 18.0 Å². The molecule has 0 aliphatic carbocycles. The summed E-state index contributed by atoms with van der Waals surface area (Å²) in [4.78, 5) is 17.9. The summed E-state index contributed by atoms with van der Waals surface area (Å²) >= 11 is 0. The number of carbonyl (C=O) groups is 1. The fourth-order valence-corrected chi connectivity index (χ4v) is 2.82. The zero-order chi connectivity index (χ0) is 18.0. The van der Waals surface area contributed by atoms with Gasteiger partial charge in [-0.15, -0.1) is 0 Å². The molecule has 3 rings (SSSR count). The summed E-state index contributed by atoms with van der Waals surface area (Å²) in [5.41, 5.74) is -0.354. The van der Waals surface area contributed by atoms with E-state index in [1.54, 1.807) is 28.9 Å². The highest BCUT2D eigenvalue weighted by molar-refractivity contribution is 5.92. The van der Waals surface area contributed by atoms with Crippen molar-refractivity contribution in [2.45, 2.75) is 25.1 Å². The van der Waals surface area contributed by atoms with Crippen molar-refractivity contribution in [1.82, 2.24) is 20.1 Å². The molecular weight excluding hydrogens is 335 g/mol. The Morgan fingerprint density at radius 3 is 2.60 bits per heavy atom. The number of aromatic nitrogens is 3. The Kier molecular flexibility index (Phi) is 4.65. The molecule has 1 amide bonds. The SMILES string of the molecule is Cn1ccc(C(=O)NC2CCN(c3cc(C(F)(F)F)ccn3)CC2)n1. The summed E-state index contributed by atoms with van der Waals surface area (Å²) in [5.74, 6) is 0.0700. The molecule has 0 bridgehead atoms. The number of amides is 1. The molecule has 6 nitrogen and oxygen atoms in total. The highest BCUT2D eigenvalue weighted by atomic mass is 19.4. The third-order valence-electron chi connectivity index (χ3n) is 4.17. The molecule has 0 atom stereocenters. The molecule has 1 aliphatic heterocycles. The average molecular weight is 353 g/mol. The molecular formula is C16H18F3N5O. The third-order valence-corrected chi connectivity index (χ3v) is 4.17. The number of halogens is 3. The summed E-state index contributed by atoms with van der Waals surface area (Å²) in [6.07, 6.45) is -0.246. The van der Waals surface area contributed by atoms with Crippen LogP contribution >= 0.6 is 0 Å². The smallest absolute Gasteiger partial charge is 0.356 e. The van der Waals surface area contributed by atoms with Gasteiger partial charge < -0.3 is 10.2 Å². The Labute approximate surface area is 142 Å². The highest BCUT2D eigenvalue weighted by Crippen LogP contribution is 2.31. The zero-order valence-electron chi connectivity index (χ0n) is 13.6. The van der Waals surface area contributed by atoms with Gasteiger partial charge in [0.1, 0.15) is 11.5 Å². The van der Waals surface area contributed by atoms with Crippen LogP contribution in [0.25, 0.3) is 0 Å². The van der Waals surface area contributed by atoms with Gasteiger partial charge in [0.2, 0.25) is 0 Å². The van der Waals surface area contributed by atoms with Crippen LogP contribution in [0.5, 0.6) is 0 Å². The fourth-order valence-electron chi connectivity index (χ4n) is 2.82. The molecule has 25 heavy (non-hydrogen) atoms. The van der Waals surface area contributed by atoms with Crippen molar-refractivity contribution in [2.75, 3.05) is 18.0 Å². The molecule has 1 saturated heterocycles. The standard InChI is InChI=1S/C16H18F3N5O/c1-23-7-5-13(22-23)15(25)21-12-3-8-24(9-4-12)14-10-11(2-6-20-14)16(17,18)19/h2,5-7,10,12H,3-4,8-9H2,1H3,(H,21,25). The van der Waals surface area contributed by atoms with E-state index in [-0.39, 0.29) is 11.9 Å². The molecule has 3 heterocycles. The van der Waals surface area contributed by atoms with Gasteiger partial charge in [0.25, 0.3) is 5.91 Å². The third kappa shape index (κ3) is 4.09. The minimum atomic E-state index is -4.38. The van der Waals surface area contributed by atoms with Gasteiger partial charge in [0.05, 0.1) is 5.56 Å². The van der Waals surface area contributed by atoms with Crippen LogP contribution in [0.2, 0.25) is 0 Å². The van der Waals surface area contributed by atoms with E-state index in [0.29, 0.717) is 37.4 Å². The van der Waals surface area contributed by atoms with Crippen molar-refractivity contribution < 1.29 is 18.0 Å². The summed E-state index contributed by atoms with van der Waals surface area (Å²) in [7, 11) is 1.73. The van der Waals surface area contributed by atoms with Gasteiger partial charge >= 0.3 is 6.18 Å². The van der Waals surface area contributed by atoms with Crippen molar-refractivity contribution in [3.63, 3.8) is 0 Å². The Morgan fingerprint density at radius 2 is 2.00 bits per heavy atom. The molecule has 9 heteroatoms. The number of pyridine rings is 1. The number of alkyl halides is 3. The van der Waals surface area contributed by atoms with Crippen LogP contribution < -0.4 is 10.2 Å². The van der Waals surface area contributed by atoms with E-state index < -0.39 is 11.7 Å². The number of nitrogens with zero attached hydrogens (tertiary/aromatic N) is 4. The van der Waals surface area contributed by atoms with Gasteiger partial charge in [-0.05, 0) is 31.0 Å². The fraction of sp³-hybridized carbons (Fsp3) is 0.438. The molecule has 1 aliphatic rings. The second-order valence-electron chi connectivity index (χ2n) is 6.01. The number of carbonyl (C=O) groups excluding carboxylic acids is 1. The van der Waals surface area contributed by atoms with Gasteiger partial charge in [-0.2, -0.15) is 18.3 Å². The van der Waals surface area contributed by atoms with Crippen molar-refractivity contribution >= 4 is 11.7 Å². The van der Waals surface area contributed by atoms with E-state index in [1.165, 1.54) is 6.20 Å². The first-order valence-electron chi connectivity index (χ1n) is 7.91. The maximum atomic E-state index is 12.8. The summed E-state index contributed by atoms with van der Waals surface area (Å²) in [6, 6.07) is 3.63. The van der Waals surface area contributed by atoms with Gasteiger partial charge in [-0.3, -0.25) is 9.48 Å². The summed E-state index contributed by atoms with van der Waals surface area (Å²) in [5, 5.41) is 6.96. The molecule has 0 spiro atoms. The predicted molar refractivity (Wildman–Crippen MR) is 85.1 cm³/mol. The van der Waals surface area contributed by atoms with Crippen molar-refractivity contribution in [3.05, 3.63) is 41.9 Å². The number of aryl methyl sites for hydroxylation is 1. The first kappa shape index (κ1) is 17.2. The highest BCUT2D eigenvalue weighted by Gasteiger charge is 2.31. The van der Waals surface area contributed by atoms with Crippen molar-refractivity contribution in [2.24, 2.45) is 7.05 Å². The second-order valence-corrected chi connectivity index (χ2v) is 6.01. The Balaban J connectivity index is 1.58. The van der Waals surface area contributed by atoms with Crippen LogP contribution in [-0.2, 0) is 13.2 Å². The van der Waals surface area contributed by atoms with E-state index in [1.807, 2.05) is 0 Å². The first-order chi connectivity index (χ1) is 11.8. The lowest BCUT2D eigenvalue weighted by Crippen LogP contribution is -2.45. The van der Waals surface area contributed by atoms with E-state index in [4.69, 9.17) is 0 Å². The normalized spacial score (nSPS) is 16.1. The van der Waals surface area contributed by atoms with Gasteiger partial charge in [0.15, 0.2) is 0 Å². The van der Waals surface area contributed by atoms with Crippen LogP contribution in [0, 0.1) is 0 Å². The summed E-state index contributed by atoms with van der Waals surface area (Å²) in [6.45, 7) is 1.06. The molecule has 2 aromatic rings. The predicted octanol–water partition coefficient (Wildman–Crippen LogP) is 2.23. The van der Waals surface area contributed by atoms with E-state index in [0.717, 1.165) is 12.1 Å². The van der Waals surface area contributed by atoms with Crippen LogP contribution in [0.4, 0.5) is 19.0 Å². The topological polar surface area (TPSA) is 63.1 Å². The lowest BCUT2D eigenvalue weighted by atomic mass is 10.0. The van der Waals surface area contributed by atoms with Crippen molar-refractivity contribution in [1.29, 1.82) is 0 Å². The zero-order valence-corrected chi connectivity index (χ0v) is 13.6. The number of anilines is 1. The average Bonchev–Trinajstić information content (AvgIpc) is 3.01. The maximum absolute atomic E-state index is 12.8. The lowest BCUT2D eigenvalue weighted by Gasteiger charge is -2.33. The molecule has 1 fully saturated rings. The van der Waals surface area contributed by atoms with Crippen LogP contribution in [-0.4, -0.2) is 39.8 Å². The van der Waals surface area contributed by atoms with E-state index in [2.05, 4.69) is 15.4 Å². The Morgan fingerprint density at radius 1 is 1.28 bits per heavy atom. The number of piperidine rings is 1. The monoisotopic (exact) mass is 353 g/mol. The molecule has 1 N–H and O–H groups in total. The van der Waals surface area contributed by atoms with Crippen LogP contribution in [0.3, 0.4) is 0 Å². The molecule has 0 unspecified atom stereocenters. The summed E-state index contributed by atoms with van der Waals surface area (Å²) < 4.78 is 40.0. The number of hydrogen-bond acceptors (Lipinski definition) is 4. The minimum Gasteiger partial charge on any atom is -0.356 e. The van der Waals surface area contributed by atoms with Crippen molar-refractivity contribution in [3.8, 4) is 0 Å². The van der Waals surface area contributed by atoms with Gasteiger partial charge in [-0.1, -0.05) is 0 Å². The largest absolute Gasteiger partial charge is 0.416 e. The number of hydrogen-bond donors (Lipinski definition) is 1. The Hall–Kier alpha value is -2.58. The maximum Gasteiger partial charge on any atom is 0.416 e. The van der Waals surface area contributed by atoms with Gasteiger partial charge in [-0.25, -0.2) is 4.98 Å². The number of nitrogens with one attached hydrogen (secondary N) is 1. The molecule has 0 saturated carbocycles. The quantitative estimate of drug-likeness (QED) is 0.919. The molecule has 0 aromatic carbocycles. The second kappa shape index (κ2) is 6.73. The number of rotatable bonds is 3. The van der Waals surface area contributed by atoms with E-state index >= 15 is 0 Å².